The molecule has 0 aromatic heterocycles. The Hall–Kier alpha value is -0.680. The third kappa shape index (κ3) is 4.92. The minimum Gasteiger partial charge on any atom is -0.504 e. The largest absolute Gasteiger partial charge is 0.504 e. The number of nitrogens with zero attached hydrogens (tertiary/aromatic N) is 1. The fraction of sp³-hybridized carbons (Fsp3) is 0.600. The van der Waals surface area contributed by atoms with Crippen LogP contribution in [0.3, 0.4) is 0 Å². The number of halogens is 2. The maximum Gasteiger partial charge on any atom is 0.162 e. The molecule has 1 atom stereocenters. The van der Waals surface area contributed by atoms with Crippen LogP contribution >= 0.6 is 24.8 Å². The molecule has 0 saturated carbocycles. The van der Waals surface area contributed by atoms with Gasteiger partial charge in [0.1, 0.15) is 0 Å². The summed E-state index contributed by atoms with van der Waals surface area (Å²) in [6.07, 6.45) is 0.989. The topological polar surface area (TPSA) is 44.7 Å². The highest BCUT2D eigenvalue weighted by Gasteiger charge is 2.24. The van der Waals surface area contributed by atoms with Crippen LogP contribution in [0.2, 0.25) is 0 Å². The zero-order valence-corrected chi connectivity index (χ0v) is 14.3. The summed E-state index contributed by atoms with van der Waals surface area (Å²) in [5.74, 6) is 0.892. The Kier molecular flexibility index (Phi) is 9.79. The number of hydrogen-bond acceptors (Lipinski definition) is 4. The first-order valence-corrected chi connectivity index (χ1v) is 7.17. The number of piperazine rings is 1. The summed E-state index contributed by atoms with van der Waals surface area (Å²) in [4.78, 5) is 2.43. The molecule has 21 heavy (non-hydrogen) atoms. The lowest BCUT2D eigenvalue weighted by Crippen LogP contribution is -2.45. The van der Waals surface area contributed by atoms with Gasteiger partial charge in [0.15, 0.2) is 11.5 Å². The number of benzene rings is 1. The molecule has 1 saturated heterocycles. The summed E-state index contributed by atoms with van der Waals surface area (Å²) in [5.41, 5.74) is 0.982. The minimum atomic E-state index is 0. The Morgan fingerprint density at radius 2 is 1.90 bits per heavy atom. The maximum atomic E-state index is 10.4. The summed E-state index contributed by atoms with van der Waals surface area (Å²) in [5, 5.41) is 13.7. The summed E-state index contributed by atoms with van der Waals surface area (Å²) in [6.45, 7) is 8.75. The first-order chi connectivity index (χ1) is 9.27. The number of aromatic hydroxyl groups is 1. The van der Waals surface area contributed by atoms with Crippen molar-refractivity contribution in [3.05, 3.63) is 23.8 Å². The second-order valence-electron chi connectivity index (χ2n) is 4.84. The van der Waals surface area contributed by atoms with E-state index in [0.717, 1.165) is 38.2 Å². The molecule has 6 heteroatoms. The number of hydrogen-bond donors (Lipinski definition) is 2. The molecule has 1 fully saturated rings. The van der Waals surface area contributed by atoms with Crippen molar-refractivity contribution < 1.29 is 9.84 Å². The summed E-state index contributed by atoms with van der Waals surface area (Å²) in [7, 11) is 0. The van der Waals surface area contributed by atoms with Gasteiger partial charge < -0.3 is 15.2 Å². The van der Waals surface area contributed by atoms with E-state index >= 15 is 0 Å². The van der Waals surface area contributed by atoms with Crippen LogP contribution in [0.15, 0.2) is 18.2 Å². The van der Waals surface area contributed by atoms with E-state index in [1.165, 1.54) is 0 Å². The van der Waals surface area contributed by atoms with Crippen LogP contribution in [0.5, 0.6) is 11.5 Å². The predicted molar refractivity (Wildman–Crippen MR) is 91.2 cm³/mol. The Balaban J connectivity index is 0.00000200. The van der Waals surface area contributed by atoms with Gasteiger partial charge in [0.25, 0.3) is 0 Å². The zero-order valence-electron chi connectivity index (χ0n) is 12.7. The van der Waals surface area contributed by atoms with Gasteiger partial charge in [-0.1, -0.05) is 19.1 Å². The molecule has 1 aliphatic rings. The van der Waals surface area contributed by atoms with Gasteiger partial charge in [-0.3, -0.25) is 4.90 Å². The lowest BCUT2D eigenvalue weighted by Gasteiger charge is -2.35. The van der Waals surface area contributed by atoms with E-state index in [1.54, 1.807) is 0 Å². The Labute approximate surface area is 139 Å². The van der Waals surface area contributed by atoms with Crippen molar-refractivity contribution in [2.75, 3.05) is 32.8 Å². The van der Waals surface area contributed by atoms with E-state index < -0.39 is 0 Å². The van der Waals surface area contributed by atoms with E-state index in [9.17, 15) is 5.11 Å². The van der Waals surface area contributed by atoms with Crippen molar-refractivity contribution >= 4 is 24.8 Å². The smallest absolute Gasteiger partial charge is 0.162 e. The zero-order chi connectivity index (χ0) is 13.7. The molecule has 0 spiro atoms. The predicted octanol–water partition coefficient (Wildman–Crippen LogP) is 2.99. The van der Waals surface area contributed by atoms with E-state index in [2.05, 4.69) is 17.1 Å². The molecule has 4 nitrogen and oxygen atoms in total. The molecule has 2 N–H and O–H groups in total. The van der Waals surface area contributed by atoms with Gasteiger partial charge in [0, 0.05) is 37.8 Å². The molecule has 0 bridgehead atoms. The molecule has 1 aliphatic heterocycles. The quantitative estimate of drug-likeness (QED) is 0.867. The van der Waals surface area contributed by atoms with Gasteiger partial charge in [0.05, 0.1) is 6.61 Å². The minimum absolute atomic E-state index is 0. The average Bonchev–Trinajstić information content (AvgIpc) is 2.45. The third-order valence-electron chi connectivity index (χ3n) is 3.67. The summed E-state index contributed by atoms with van der Waals surface area (Å²) < 4.78 is 5.48. The molecule has 0 amide bonds. The van der Waals surface area contributed by atoms with Gasteiger partial charge in [-0.15, -0.1) is 24.8 Å². The van der Waals surface area contributed by atoms with Crippen molar-refractivity contribution in [2.45, 2.75) is 26.3 Å². The average molecular weight is 337 g/mol. The molecule has 0 aliphatic carbocycles. The first kappa shape index (κ1) is 20.3. The van der Waals surface area contributed by atoms with Gasteiger partial charge in [-0.05, 0) is 19.4 Å². The van der Waals surface area contributed by atoms with Crippen molar-refractivity contribution in [1.82, 2.24) is 10.2 Å². The maximum absolute atomic E-state index is 10.4. The molecule has 0 radical (unpaired) electrons. The second-order valence-corrected chi connectivity index (χ2v) is 4.84. The lowest BCUT2D eigenvalue weighted by atomic mass is 10.0. The van der Waals surface area contributed by atoms with E-state index in [4.69, 9.17) is 4.74 Å². The van der Waals surface area contributed by atoms with Crippen LogP contribution in [0.4, 0.5) is 0 Å². The van der Waals surface area contributed by atoms with Crippen LogP contribution in [0.25, 0.3) is 0 Å². The highest BCUT2D eigenvalue weighted by Crippen LogP contribution is 2.37. The highest BCUT2D eigenvalue weighted by atomic mass is 35.5. The monoisotopic (exact) mass is 336 g/mol. The normalized spacial score (nSPS) is 16.5. The lowest BCUT2D eigenvalue weighted by molar-refractivity contribution is 0.166. The Morgan fingerprint density at radius 3 is 2.48 bits per heavy atom. The Morgan fingerprint density at radius 1 is 1.24 bits per heavy atom. The third-order valence-corrected chi connectivity index (χ3v) is 3.67. The van der Waals surface area contributed by atoms with Crippen molar-refractivity contribution in [2.24, 2.45) is 0 Å². The molecule has 1 aromatic carbocycles. The fourth-order valence-corrected chi connectivity index (χ4v) is 2.75. The number of phenolic OH excluding ortho intramolecular Hbond substituents is 1. The number of phenols is 1. The van der Waals surface area contributed by atoms with E-state index in [-0.39, 0.29) is 30.9 Å². The number of ether oxygens (including phenoxy) is 1. The van der Waals surface area contributed by atoms with Gasteiger partial charge in [-0.2, -0.15) is 0 Å². The molecule has 2 rings (SSSR count). The van der Waals surface area contributed by atoms with E-state index in [1.807, 2.05) is 25.1 Å². The number of rotatable bonds is 5. The van der Waals surface area contributed by atoms with E-state index in [0.29, 0.717) is 18.1 Å². The molecule has 1 aromatic rings. The molecule has 0 unspecified atom stereocenters. The van der Waals surface area contributed by atoms with Crippen molar-refractivity contribution in [3.63, 3.8) is 0 Å². The molecular formula is C15H26Cl2N2O2. The van der Waals surface area contributed by atoms with Gasteiger partial charge in [0.2, 0.25) is 0 Å². The van der Waals surface area contributed by atoms with Gasteiger partial charge >= 0.3 is 0 Å². The first-order valence-electron chi connectivity index (χ1n) is 7.17. The highest BCUT2D eigenvalue weighted by molar-refractivity contribution is 5.85. The van der Waals surface area contributed by atoms with Crippen LogP contribution < -0.4 is 10.1 Å². The Bertz CT molecular complexity index is 413. The standard InChI is InChI=1S/C15H24N2O2.2ClH/c1-3-13(17-10-8-16-9-11-17)12-6-5-7-14(15(12)18)19-4-2;;/h5-7,13,16,18H,3-4,8-11H2,1-2H3;2*1H/t13-;;/m1../s1. The summed E-state index contributed by atoms with van der Waals surface area (Å²) >= 11 is 0. The van der Waals surface area contributed by atoms with Crippen LogP contribution in [-0.4, -0.2) is 42.8 Å². The molecule has 122 valence electrons. The number of para-hydroxylation sites is 1. The molecular weight excluding hydrogens is 311 g/mol. The fourth-order valence-electron chi connectivity index (χ4n) is 2.75. The SMILES string of the molecule is CCOc1cccc([C@@H](CC)N2CCNCC2)c1O.Cl.Cl. The summed E-state index contributed by atoms with van der Waals surface area (Å²) in [6, 6.07) is 6.06. The van der Waals surface area contributed by atoms with Crippen LogP contribution in [0, 0.1) is 0 Å². The van der Waals surface area contributed by atoms with Gasteiger partial charge in [-0.25, -0.2) is 0 Å². The van der Waals surface area contributed by atoms with Crippen LogP contribution in [-0.2, 0) is 0 Å². The van der Waals surface area contributed by atoms with Crippen molar-refractivity contribution in [1.29, 1.82) is 0 Å². The molecule has 1 heterocycles. The van der Waals surface area contributed by atoms with Crippen molar-refractivity contribution in [3.8, 4) is 11.5 Å². The second kappa shape index (κ2) is 10.1. The van der Waals surface area contributed by atoms with Crippen LogP contribution in [0.1, 0.15) is 31.9 Å². The number of nitrogens with one attached hydrogen (secondary N) is 1.